The molecule has 3 rings (SSSR count). The molecule has 1 aliphatic rings. The number of aromatic nitrogens is 1. The van der Waals surface area contributed by atoms with Crippen LogP contribution in [0.2, 0.25) is 0 Å². The summed E-state index contributed by atoms with van der Waals surface area (Å²) in [5.74, 6) is 1.14. The summed E-state index contributed by atoms with van der Waals surface area (Å²) in [7, 11) is 0. The third-order valence-electron chi connectivity index (χ3n) is 3.48. The van der Waals surface area contributed by atoms with Gasteiger partial charge >= 0.3 is 0 Å². The number of hydrogen-bond donors (Lipinski definition) is 0. The summed E-state index contributed by atoms with van der Waals surface area (Å²) >= 11 is 3.61. The molecule has 0 saturated carbocycles. The number of anilines is 1. The van der Waals surface area contributed by atoms with Gasteiger partial charge in [0.1, 0.15) is 5.82 Å². The maximum absolute atomic E-state index is 4.59. The van der Waals surface area contributed by atoms with Crippen LogP contribution in [0.15, 0.2) is 36.5 Å². The second-order valence-corrected chi connectivity index (χ2v) is 5.15. The van der Waals surface area contributed by atoms with Gasteiger partial charge in [-0.3, -0.25) is 0 Å². The number of halogens is 1. The molecule has 0 N–H and O–H groups in total. The third kappa shape index (κ3) is 1.93. The van der Waals surface area contributed by atoms with Crippen LogP contribution in [0.25, 0.3) is 10.8 Å². The highest BCUT2D eigenvalue weighted by molar-refractivity contribution is 9.09. The third-order valence-corrected chi connectivity index (χ3v) is 4.23. The molecule has 3 heteroatoms. The van der Waals surface area contributed by atoms with E-state index in [2.05, 4.69) is 56.1 Å². The second kappa shape index (κ2) is 4.65. The first-order valence-corrected chi connectivity index (χ1v) is 7.18. The van der Waals surface area contributed by atoms with Gasteiger partial charge in [0.2, 0.25) is 0 Å². The van der Waals surface area contributed by atoms with Crippen LogP contribution in [0.5, 0.6) is 0 Å². The van der Waals surface area contributed by atoms with Gasteiger partial charge in [-0.25, -0.2) is 4.98 Å². The van der Waals surface area contributed by atoms with Gasteiger partial charge in [-0.2, -0.15) is 0 Å². The van der Waals surface area contributed by atoms with Gasteiger partial charge < -0.3 is 4.90 Å². The zero-order valence-corrected chi connectivity index (χ0v) is 11.2. The smallest absolute Gasteiger partial charge is 0.136 e. The first kappa shape index (κ1) is 11.0. The molecule has 1 unspecified atom stereocenters. The van der Waals surface area contributed by atoms with E-state index in [1.807, 2.05) is 6.20 Å². The Hall–Kier alpha value is -1.09. The SMILES string of the molecule is BrCC1CCCN1c1nccc2ccccc12. The van der Waals surface area contributed by atoms with E-state index >= 15 is 0 Å². The number of alkyl halides is 1. The van der Waals surface area contributed by atoms with Crippen molar-refractivity contribution < 1.29 is 0 Å². The summed E-state index contributed by atoms with van der Waals surface area (Å²) in [5.41, 5.74) is 0. The summed E-state index contributed by atoms with van der Waals surface area (Å²) in [6.45, 7) is 1.12. The van der Waals surface area contributed by atoms with E-state index in [0.29, 0.717) is 6.04 Å². The molecule has 0 aliphatic carbocycles. The molecule has 2 aromatic rings. The molecule has 0 radical (unpaired) electrons. The Balaban J connectivity index is 2.10. The van der Waals surface area contributed by atoms with E-state index < -0.39 is 0 Å². The summed E-state index contributed by atoms with van der Waals surface area (Å²) in [6, 6.07) is 11.2. The van der Waals surface area contributed by atoms with Crippen LogP contribution in [0, 0.1) is 0 Å². The monoisotopic (exact) mass is 290 g/mol. The molecule has 2 heterocycles. The summed E-state index contributed by atoms with van der Waals surface area (Å²) < 4.78 is 0. The predicted octanol–water partition coefficient (Wildman–Crippen LogP) is 3.60. The van der Waals surface area contributed by atoms with E-state index in [0.717, 1.165) is 17.7 Å². The van der Waals surface area contributed by atoms with E-state index in [1.54, 1.807) is 0 Å². The Bertz CT molecular complexity index is 521. The number of rotatable bonds is 2. The molecule has 17 heavy (non-hydrogen) atoms. The fourth-order valence-electron chi connectivity index (χ4n) is 2.61. The summed E-state index contributed by atoms with van der Waals surface area (Å²) in [5, 5.41) is 3.57. The van der Waals surface area contributed by atoms with Gasteiger partial charge in [-0.05, 0) is 24.3 Å². The maximum Gasteiger partial charge on any atom is 0.136 e. The zero-order valence-electron chi connectivity index (χ0n) is 9.64. The van der Waals surface area contributed by atoms with Crippen molar-refractivity contribution in [1.29, 1.82) is 0 Å². The van der Waals surface area contributed by atoms with Crippen molar-refractivity contribution in [3.63, 3.8) is 0 Å². The van der Waals surface area contributed by atoms with Gasteiger partial charge in [0.25, 0.3) is 0 Å². The molecule has 1 aliphatic heterocycles. The largest absolute Gasteiger partial charge is 0.352 e. The van der Waals surface area contributed by atoms with Crippen molar-refractivity contribution in [2.75, 3.05) is 16.8 Å². The Labute approximate surface area is 110 Å². The molecule has 1 fully saturated rings. The van der Waals surface area contributed by atoms with Crippen LogP contribution in [0.1, 0.15) is 12.8 Å². The molecule has 1 aromatic carbocycles. The average Bonchev–Trinajstić information content (AvgIpc) is 2.86. The lowest BCUT2D eigenvalue weighted by atomic mass is 10.1. The number of benzene rings is 1. The number of nitrogens with zero attached hydrogens (tertiary/aromatic N) is 2. The van der Waals surface area contributed by atoms with Crippen LogP contribution in [0.3, 0.4) is 0 Å². The van der Waals surface area contributed by atoms with Crippen LogP contribution >= 0.6 is 15.9 Å². The fraction of sp³-hybridized carbons (Fsp3) is 0.357. The Morgan fingerprint density at radius 1 is 1.29 bits per heavy atom. The van der Waals surface area contributed by atoms with E-state index in [4.69, 9.17) is 0 Å². The molecule has 1 atom stereocenters. The minimum atomic E-state index is 0.591. The lowest BCUT2D eigenvalue weighted by molar-refractivity contribution is 0.744. The minimum absolute atomic E-state index is 0.591. The van der Waals surface area contributed by atoms with Crippen molar-refractivity contribution in [1.82, 2.24) is 4.98 Å². The highest BCUT2D eigenvalue weighted by Gasteiger charge is 2.25. The van der Waals surface area contributed by atoms with Crippen LogP contribution in [-0.2, 0) is 0 Å². The van der Waals surface area contributed by atoms with Crippen molar-refractivity contribution in [3.05, 3.63) is 36.5 Å². The van der Waals surface area contributed by atoms with E-state index in [9.17, 15) is 0 Å². The topological polar surface area (TPSA) is 16.1 Å². The quantitative estimate of drug-likeness (QED) is 0.786. The van der Waals surface area contributed by atoms with Crippen molar-refractivity contribution >= 4 is 32.5 Å². The Morgan fingerprint density at radius 2 is 2.18 bits per heavy atom. The highest BCUT2D eigenvalue weighted by atomic mass is 79.9. The van der Waals surface area contributed by atoms with Gasteiger partial charge in [0, 0.05) is 29.5 Å². The molecular weight excluding hydrogens is 276 g/mol. The Kier molecular flexibility index (Phi) is 3.02. The highest BCUT2D eigenvalue weighted by Crippen LogP contribution is 2.30. The number of hydrogen-bond acceptors (Lipinski definition) is 2. The van der Waals surface area contributed by atoms with E-state index in [-0.39, 0.29) is 0 Å². The van der Waals surface area contributed by atoms with Gasteiger partial charge in [0.05, 0.1) is 0 Å². The van der Waals surface area contributed by atoms with Crippen LogP contribution in [0.4, 0.5) is 5.82 Å². The molecule has 0 amide bonds. The first-order valence-electron chi connectivity index (χ1n) is 6.06. The average molecular weight is 291 g/mol. The molecular formula is C14H15BrN2. The van der Waals surface area contributed by atoms with Crippen molar-refractivity contribution in [3.8, 4) is 0 Å². The molecule has 1 aromatic heterocycles. The minimum Gasteiger partial charge on any atom is -0.352 e. The number of fused-ring (bicyclic) bond motifs is 1. The van der Waals surface area contributed by atoms with Crippen LogP contribution in [-0.4, -0.2) is 22.9 Å². The second-order valence-electron chi connectivity index (χ2n) is 4.50. The summed E-state index contributed by atoms with van der Waals surface area (Å²) in [4.78, 5) is 7.03. The first-order chi connectivity index (χ1) is 8.40. The van der Waals surface area contributed by atoms with Crippen molar-refractivity contribution in [2.24, 2.45) is 0 Å². The maximum atomic E-state index is 4.59. The molecule has 1 saturated heterocycles. The standard InChI is InChI=1S/C14H15BrN2/c15-10-12-5-3-9-17(12)14-13-6-2-1-4-11(13)7-8-16-14/h1-2,4,6-8,12H,3,5,9-10H2. The fourth-order valence-corrected chi connectivity index (χ4v) is 3.28. The predicted molar refractivity (Wildman–Crippen MR) is 75.9 cm³/mol. The van der Waals surface area contributed by atoms with E-state index in [1.165, 1.54) is 23.6 Å². The number of pyridine rings is 1. The zero-order chi connectivity index (χ0) is 11.7. The van der Waals surface area contributed by atoms with Crippen molar-refractivity contribution in [2.45, 2.75) is 18.9 Å². The lowest BCUT2D eigenvalue weighted by Gasteiger charge is -2.25. The van der Waals surface area contributed by atoms with Gasteiger partial charge in [-0.1, -0.05) is 40.2 Å². The normalized spacial score (nSPS) is 20.1. The summed E-state index contributed by atoms with van der Waals surface area (Å²) in [6.07, 6.45) is 4.44. The van der Waals surface area contributed by atoms with Gasteiger partial charge in [-0.15, -0.1) is 0 Å². The molecule has 88 valence electrons. The lowest BCUT2D eigenvalue weighted by Crippen LogP contribution is -2.31. The molecule has 0 spiro atoms. The molecule has 2 nitrogen and oxygen atoms in total. The van der Waals surface area contributed by atoms with Crippen LogP contribution < -0.4 is 4.90 Å². The Morgan fingerprint density at radius 3 is 3.06 bits per heavy atom. The molecule has 0 bridgehead atoms. The van der Waals surface area contributed by atoms with Gasteiger partial charge in [0.15, 0.2) is 0 Å².